The number of hydrogen-bond acceptors (Lipinski definition) is 9. The SMILES string of the molecule is COCC(=O)c1cc(N2CCC(N3CCOCC3)CC2)c2c(C3CCC3)nn(-c3ccnc(OCc4ccccc4)c3)c2n1. The first-order chi connectivity index (χ1) is 21.7. The monoisotopic (exact) mass is 596 g/mol. The van der Waals surface area contributed by atoms with E-state index in [-0.39, 0.29) is 12.4 Å². The third-order valence-corrected chi connectivity index (χ3v) is 9.26. The molecule has 10 nitrogen and oxygen atoms in total. The second-order valence-electron chi connectivity index (χ2n) is 12.0. The molecule has 0 N–H and O–H groups in total. The Kier molecular flexibility index (Phi) is 8.54. The van der Waals surface area contributed by atoms with E-state index in [1.54, 1.807) is 13.3 Å². The van der Waals surface area contributed by atoms with Gasteiger partial charge in [0.05, 0.1) is 35.7 Å². The molecule has 230 valence electrons. The van der Waals surface area contributed by atoms with Crippen LogP contribution in [0.25, 0.3) is 16.7 Å². The fourth-order valence-electron chi connectivity index (χ4n) is 6.62. The summed E-state index contributed by atoms with van der Waals surface area (Å²) in [7, 11) is 1.54. The lowest BCUT2D eigenvalue weighted by Gasteiger charge is -2.41. The molecule has 7 rings (SSSR count). The maximum Gasteiger partial charge on any atom is 0.215 e. The number of morpholine rings is 1. The second kappa shape index (κ2) is 13.0. The summed E-state index contributed by atoms with van der Waals surface area (Å²) in [6.45, 7) is 5.86. The van der Waals surface area contributed by atoms with Gasteiger partial charge in [-0.15, -0.1) is 0 Å². The van der Waals surface area contributed by atoms with Crippen LogP contribution in [-0.2, 0) is 16.1 Å². The predicted octanol–water partition coefficient (Wildman–Crippen LogP) is 4.79. The van der Waals surface area contributed by atoms with Crippen LogP contribution in [0, 0.1) is 0 Å². The highest BCUT2D eigenvalue weighted by atomic mass is 16.5. The topological polar surface area (TPSA) is 94.8 Å². The Labute approximate surface area is 257 Å². The average molecular weight is 597 g/mol. The highest BCUT2D eigenvalue weighted by Crippen LogP contribution is 2.43. The number of benzene rings is 1. The Morgan fingerprint density at radius 2 is 1.80 bits per heavy atom. The van der Waals surface area contributed by atoms with Crippen molar-refractivity contribution in [3.63, 3.8) is 0 Å². The number of fused-ring (bicyclic) bond motifs is 1. The number of methoxy groups -OCH3 is 1. The molecule has 1 aromatic carbocycles. The second-order valence-corrected chi connectivity index (χ2v) is 12.0. The summed E-state index contributed by atoms with van der Waals surface area (Å²) in [6, 6.07) is 16.4. The first-order valence-electron chi connectivity index (χ1n) is 15.8. The van der Waals surface area contributed by atoms with Gasteiger partial charge in [-0.25, -0.2) is 14.6 Å². The van der Waals surface area contributed by atoms with E-state index < -0.39 is 0 Å². The van der Waals surface area contributed by atoms with Gasteiger partial charge in [-0.3, -0.25) is 9.69 Å². The van der Waals surface area contributed by atoms with E-state index in [2.05, 4.69) is 14.8 Å². The van der Waals surface area contributed by atoms with Crippen molar-refractivity contribution in [2.45, 2.75) is 50.7 Å². The summed E-state index contributed by atoms with van der Waals surface area (Å²) in [6.07, 6.45) is 7.30. The van der Waals surface area contributed by atoms with Gasteiger partial charge in [0.25, 0.3) is 0 Å². The van der Waals surface area contributed by atoms with Crippen LogP contribution in [0.3, 0.4) is 0 Å². The number of carbonyl (C=O) groups is 1. The molecule has 0 unspecified atom stereocenters. The van der Waals surface area contributed by atoms with Crippen molar-refractivity contribution >= 4 is 22.5 Å². The average Bonchev–Trinajstić information content (AvgIpc) is 3.43. The normalized spacial score (nSPS) is 18.4. The van der Waals surface area contributed by atoms with Crippen molar-refractivity contribution in [3.05, 3.63) is 71.7 Å². The zero-order valence-corrected chi connectivity index (χ0v) is 25.4. The van der Waals surface area contributed by atoms with Crippen molar-refractivity contribution in [2.24, 2.45) is 0 Å². The molecule has 0 spiro atoms. The minimum Gasteiger partial charge on any atom is -0.473 e. The number of hydrogen-bond donors (Lipinski definition) is 0. The third kappa shape index (κ3) is 5.94. The van der Waals surface area contributed by atoms with Gasteiger partial charge in [0, 0.05) is 57.5 Å². The molecule has 2 aliphatic heterocycles. The smallest absolute Gasteiger partial charge is 0.215 e. The van der Waals surface area contributed by atoms with Crippen LogP contribution in [0.4, 0.5) is 5.69 Å². The summed E-state index contributed by atoms with van der Waals surface area (Å²) in [5.74, 6) is 0.747. The minimum atomic E-state index is -0.140. The van der Waals surface area contributed by atoms with Crippen molar-refractivity contribution in [1.82, 2.24) is 24.6 Å². The molecule has 0 bridgehead atoms. The van der Waals surface area contributed by atoms with Crippen LogP contribution >= 0.6 is 0 Å². The first-order valence-corrected chi connectivity index (χ1v) is 15.8. The molecule has 5 heterocycles. The third-order valence-electron chi connectivity index (χ3n) is 9.26. The lowest BCUT2D eigenvalue weighted by atomic mass is 9.82. The molecule has 3 aromatic heterocycles. The lowest BCUT2D eigenvalue weighted by molar-refractivity contribution is 0.0115. The number of rotatable bonds is 10. The molecule has 4 aromatic rings. The molecule has 0 amide bonds. The van der Waals surface area contributed by atoms with Crippen molar-refractivity contribution in [3.8, 4) is 11.6 Å². The number of Topliss-reactive ketones (excluding diaryl/α,β-unsaturated/α-hetero) is 1. The van der Waals surface area contributed by atoms with E-state index in [1.807, 2.05) is 53.2 Å². The molecule has 44 heavy (non-hydrogen) atoms. The Balaban J connectivity index is 1.26. The molecule has 0 radical (unpaired) electrons. The van der Waals surface area contributed by atoms with Gasteiger partial charge < -0.3 is 19.1 Å². The van der Waals surface area contributed by atoms with Crippen molar-refractivity contribution in [2.75, 3.05) is 58.0 Å². The zero-order valence-electron chi connectivity index (χ0n) is 25.4. The molecular formula is C34H40N6O4. The summed E-state index contributed by atoms with van der Waals surface area (Å²) in [4.78, 5) is 27.7. The summed E-state index contributed by atoms with van der Waals surface area (Å²) < 4.78 is 18.8. The van der Waals surface area contributed by atoms with E-state index in [1.165, 1.54) is 6.42 Å². The number of pyridine rings is 2. The van der Waals surface area contributed by atoms with Crippen molar-refractivity contribution in [1.29, 1.82) is 0 Å². The summed E-state index contributed by atoms with van der Waals surface area (Å²) >= 11 is 0. The molecule has 10 heteroatoms. The summed E-state index contributed by atoms with van der Waals surface area (Å²) in [5.41, 5.74) is 5.09. The minimum absolute atomic E-state index is 0.0204. The number of aromatic nitrogens is 4. The Morgan fingerprint density at radius 3 is 2.52 bits per heavy atom. The van der Waals surface area contributed by atoms with Gasteiger partial charge in [0.2, 0.25) is 11.7 Å². The van der Waals surface area contributed by atoms with Gasteiger partial charge in [-0.2, -0.15) is 5.10 Å². The van der Waals surface area contributed by atoms with E-state index in [9.17, 15) is 4.79 Å². The van der Waals surface area contributed by atoms with E-state index in [0.29, 0.717) is 35.8 Å². The highest BCUT2D eigenvalue weighted by Gasteiger charge is 2.32. The lowest BCUT2D eigenvalue weighted by Crippen LogP contribution is -2.49. The van der Waals surface area contributed by atoms with Crippen LogP contribution in [0.15, 0.2) is 54.7 Å². The number of anilines is 1. The zero-order chi connectivity index (χ0) is 29.9. The van der Waals surface area contributed by atoms with Gasteiger partial charge >= 0.3 is 0 Å². The number of nitrogens with zero attached hydrogens (tertiary/aromatic N) is 6. The molecule has 0 atom stereocenters. The number of carbonyl (C=O) groups excluding carboxylic acids is 1. The van der Waals surface area contributed by atoms with E-state index >= 15 is 0 Å². The molecule has 3 fully saturated rings. The molecule has 1 aliphatic carbocycles. The van der Waals surface area contributed by atoms with Crippen LogP contribution in [0.1, 0.15) is 59.8 Å². The van der Waals surface area contributed by atoms with Gasteiger partial charge in [0.1, 0.15) is 18.9 Å². The van der Waals surface area contributed by atoms with Gasteiger partial charge in [-0.1, -0.05) is 36.8 Å². The van der Waals surface area contributed by atoms with Crippen LogP contribution < -0.4 is 9.64 Å². The molecule has 3 aliphatic rings. The molecular weight excluding hydrogens is 556 g/mol. The predicted molar refractivity (Wildman–Crippen MR) is 168 cm³/mol. The maximum atomic E-state index is 13.2. The van der Waals surface area contributed by atoms with Crippen LogP contribution in [0.2, 0.25) is 0 Å². The van der Waals surface area contributed by atoms with E-state index in [0.717, 1.165) is 93.1 Å². The van der Waals surface area contributed by atoms with Crippen molar-refractivity contribution < 1.29 is 19.0 Å². The quantitative estimate of drug-likeness (QED) is 0.240. The number of ether oxygens (including phenoxy) is 3. The van der Waals surface area contributed by atoms with E-state index in [4.69, 9.17) is 24.3 Å². The fourth-order valence-corrected chi connectivity index (χ4v) is 6.62. The van der Waals surface area contributed by atoms with Crippen LogP contribution in [0.5, 0.6) is 5.88 Å². The number of ketones is 1. The Bertz CT molecular complexity index is 1590. The van der Waals surface area contributed by atoms with Crippen LogP contribution in [-0.4, -0.2) is 89.6 Å². The standard InChI is InChI=1S/C34H40N6O4/c1-42-23-30(41)28-21-29(39-14-11-26(12-15-39)38-16-18-43-19-17-38)32-33(25-8-5-9-25)37-40(34(32)36-28)27-10-13-35-31(20-27)44-22-24-6-3-2-4-7-24/h2-4,6-7,10,13,20-21,25-26H,5,8-9,11-12,14-19,22-23H2,1H3. The fraction of sp³-hybridized carbons (Fsp3) is 0.471. The Morgan fingerprint density at radius 1 is 1.00 bits per heavy atom. The largest absolute Gasteiger partial charge is 0.473 e. The first kappa shape index (κ1) is 28.9. The summed E-state index contributed by atoms with van der Waals surface area (Å²) in [5, 5.41) is 6.26. The number of piperidine rings is 1. The highest BCUT2D eigenvalue weighted by molar-refractivity contribution is 6.02. The Hall–Kier alpha value is -3.86. The van der Waals surface area contributed by atoms with Gasteiger partial charge in [-0.05, 0) is 43.4 Å². The molecule has 2 saturated heterocycles. The maximum absolute atomic E-state index is 13.2. The van der Waals surface area contributed by atoms with Gasteiger partial charge in [0.15, 0.2) is 5.65 Å². The molecule has 1 saturated carbocycles.